The van der Waals surface area contributed by atoms with Crippen molar-refractivity contribution in [3.05, 3.63) is 35.9 Å². The van der Waals surface area contributed by atoms with E-state index in [1.165, 1.54) is 0 Å². The van der Waals surface area contributed by atoms with E-state index in [9.17, 15) is 9.59 Å². The summed E-state index contributed by atoms with van der Waals surface area (Å²) in [4.78, 5) is 27.6. The Bertz CT molecular complexity index is 470. The second-order valence-electron chi connectivity index (χ2n) is 5.24. The summed E-state index contributed by atoms with van der Waals surface area (Å²) >= 11 is 0. The molecule has 0 unspecified atom stereocenters. The van der Waals surface area contributed by atoms with E-state index in [4.69, 9.17) is 0 Å². The second-order valence-corrected chi connectivity index (χ2v) is 5.24. The average Bonchev–Trinajstić information content (AvgIpc) is 2.41. The van der Waals surface area contributed by atoms with Crippen molar-refractivity contribution < 1.29 is 9.59 Å². The van der Waals surface area contributed by atoms with E-state index in [2.05, 4.69) is 0 Å². The molecule has 0 aliphatic carbocycles. The molecule has 1 heterocycles. The Hall–Kier alpha value is -1.84. The summed E-state index contributed by atoms with van der Waals surface area (Å²) in [5.41, 5.74) is 1.03. The van der Waals surface area contributed by atoms with Gasteiger partial charge in [0.25, 0.3) is 0 Å². The highest BCUT2D eigenvalue weighted by Gasteiger charge is 2.39. The van der Waals surface area contributed by atoms with Gasteiger partial charge in [-0.3, -0.25) is 9.59 Å². The lowest BCUT2D eigenvalue weighted by Gasteiger charge is -2.39. The normalized spacial score (nSPS) is 23.3. The van der Waals surface area contributed by atoms with Crippen molar-refractivity contribution in [1.29, 1.82) is 0 Å². The van der Waals surface area contributed by atoms with Crippen LogP contribution in [0.25, 0.3) is 0 Å². The fourth-order valence-corrected chi connectivity index (χ4v) is 2.73. The van der Waals surface area contributed by atoms with Gasteiger partial charge < -0.3 is 9.80 Å². The van der Waals surface area contributed by atoms with Crippen molar-refractivity contribution in [3.8, 4) is 0 Å². The first-order valence-corrected chi connectivity index (χ1v) is 6.54. The molecular formula is C15H20N2O2. The largest absolute Gasteiger partial charge is 0.349 e. The van der Waals surface area contributed by atoms with Gasteiger partial charge in [0.05, 0.1) is 12.0 Å². The van der Waals surface area contributed by atoms with Crippen LogP contribution in [-0.4, -0.2) is 42.8 Å². The molecule has 2 amide bonds. The Morgan fingerprint density at radius 2 is 1.89 bits per heavy atom. The lowest BCUT2D eigenvalue weighted by Crippen LogP contribution is -2.46. The molecular weight excluding hydrogens is 240 g/mol. The number of rotatable bonds is 2. The van der Waals surface area contributed by atoms with Gasteiger partial charge in [0.2, 0.25) is 11.8 Å². The highest BCUT2D eigenvalue weighted by atomic mass is 16.2. The molecule has 0 radical (unpaired) electrons. The number of carbonyl (C=O) groups excluding carboxylic acids is 2. The van der Waals surface area contributed by atoms with Crippen molar-refractivity contribution in [2.24, 2.45) is 5.92 Å². The van der Waals surface area contributed by atoms with Gasteiger partial charge in [-0.15, -0.1) is 0 Å². The molecule has 1 saturated heterocycles. The third kappa shape index (κ3) is 2.62. The molecule has 2 rings (SSSR count). The first-order chi connectivity index (χ1) is 9.02. The summed E-state index contributed by atoms with van der Waals surface area (Å²) < 4.78 is 0. The number of likely N-dealkylation sites (tertiary alicyclic amines) is 1. The molecule has 1 aromatic carbocycles. The average molecular weight is 260 g/mol. The Morgan fingerprint density at radius 3 is 2.47 bits per heavy atom. The molecule has 0 N–H and O–H groups in total. The molecule has 0 aromatic heterocycles. The van der Waals surface area contributed by atoms with E-state index >= 15 is 0 Å². The molecule has 0 bridgehead atoms. The topological polar surface area (TPSA) is 40.6 Å². The Morgan fingerprint density at radius 1 is 1.26 bits per heavy atom. The standard InChI is InChI=1S/C15H20N2O2/c1-16(2)15(19)12-9-10-13(18)17(3)14(12)11-7-5-4-6-8-11/h4-8,12,14H,9-10H2,1-3H3/t12-,14-/m0/s1. The van der Waals surface area contributed by atoms with Crippen LogP contribution in [0, 0.1) is 5.92 Å². The van der Waals surface area contributed by atoms with Crippen molar-refractivity contribution in [2.75, 3.05) is 21.1 Å². The van der Waals surface area contributed by atoms with Crippen LogP contribution in [0.3, 0.4) is 0 Å². The predicted molar refractivity (Wildman–Crippen MR) is 73.4 cm³/mol. The minimum Gasteiger partial charge on any atom is -0.349 e. The van der Waals surface area contributed by atoms with Gasteiger partial charge >= 0.3 is 0 Å². The third-order valence-corrected chi connectivity index (χ3v) is 3.76. The van der Waals surface area contributed by atoms with Crippen LogP contribution in [0.1, 0.15) is 24.4 Å². The number of piperidine rings is 1. The maximum absolute atomic E-state index is 12.3. The molecule has 102 valence electrons. The zero-order valence-corrected chi connectivity index (χ0v) is 11.7. The quantitative estimate of drug-likeness (QED) is 0.812. The molecule has 4 heteroatoms. The summed E-state index contributed by atoms with van der Waals surface area (Å²) in [5, 5.41) is 0. The van der Waals surface area contributed by atoms with Crippen molar-refractivity contribution >= 4 is 11.8 Å². The van der Waals surface area contributed by atoms with E-state index in [1.54, 1.807) is 30.9 Å². The minimum atomic E-state index is -0.155. The predicted octanol–water partition coefficient (Wildman–Crippen LogP) is 1.68. The van der Waals surface area contributed by atoms with Crippen molar-refractivity contribution in [3.63, 3.8) is 0 Å². The Balaban J connectivity index is 2.36. The molecule has 1 aliphatic rings. The van der Waals surface area contributed by atoms with Gasteiger partial charge in [-0.25, -0.2) is 0 Å². The lowest BCUT2D eigenvalue weighted by molar-refractivity contribution is -0.145. The minimum absolute atomic E-state index is 0.0909. The summed E-state index contributed by atoms with van der Waals surface area (Å²) in [6.45, 7) is 0. The summed E-state index contributed by atoms with van der Waals surface area (Å²) in [6.07, 6.45) is 1.07. The highest BCUT2D eigenvalue weighted by molar-refractivity contribution is 5.84. The molecule has 19 heavy (non-hydrogen) atoms. The molecule has 4 nitrogen and oxygen atoms in total. The molecule has 0 saturated carbocycles. The van der Waals surface area contributed by atoms with E-state index in [1.807, 2.05) is 30.3 Å². The van der Waals surface area contributed by atoms with Gasteiger partial charge in [0.15, 0.2) is 0 Å². The highest BCUT2D eigenvalue weighted by Crippen LogP contribution is 2.36. The van der Waals surface area contributed by atoms with Gasteiger partial charge in [-0.1, -0.05) is 30.3 Å². The third-order valence-electron chi connectivity index (χ3n) is 3.76. The fraction of sp³-hybridized carbons (Fsp3) is 0.467. The second kappa shape index (κ2) is 5.43. The molecule has 1 aromatic rings. The molecule has 1 aliphatic heterocycles. The maximum atomic E-state index is 12.3. The van der Waals surface area contributed by atoms with Crippen LogP contribution in [-0.2, 0) is 9.59 Å². The lowest BCUT2D eigenvalue weighted by atomic mass is 9.84. The van der Waals surface area contributed by atoms with E-state index < -0.39 is 0 Å². The van der Waals surface area contributed by atoms with Crippen LogP contribution < -0.4 is 0 Å². The smallest absolute Gasteiger partial charge is 0.227 e. The zero-order valence-electron chi connectivity index (χ0n) is 11.7. The van der Waals surface area contributed by atoms with Crippen LogP contribution in [0.5, 0.6) is 0 Å². The summed E-state index contributed by atoms with van der Waals surface area (Å²) in [7, 11) is 5.32. The SMILES string of the molecule is CN(C)C(=O)[C@H]1CCC(=O)N(C)[C@H]1c1ccccc1. The molecule has 2 atom stereocenters. The van der Waals surface area contributed by atoms with E-state index in [0.717, 1.165) is 5.56 Å². The number of benzene rings is 1. The monoisotopic (exact) mass is 260 g/mol. The van der Waals surface area contributed by atoms with Gasteiger partial charge in [0, 0.05) is 27.6 Å². The summed E-state index contributed by atoms with van der Waals surface area (Å²) in [5.74, 6) is 0.0463. The number of carbonyl (C=O) groups is 2. The van der Waals surface area contributed by atoms with Crippen LogP contribution in [0.4, 0.5) is 0 Å². The Kier molecular flexibility index (Phi) is 3.88. The molecule has 1 fully saturated rings. The van der Waals surface area contributed by atoms with Crippen LogP contribution in [0.15, 0.2) is 30.3 Å². The fourth-order valence-electron chi connectivity index (χ4n) is 2.73. The number of hydrogen-bond donors (Lipinski definition) is 0. The molecule has 0 spiro atoms. The van der Waals surface area contributed by atoms with Gasteiger partial charge in [0.1, 0.15) is 0 Å². The summed E-state index contributed by atoms with van der Waals surface area (Å²) in [6, 6.07) is 9.64. The maximum Gasteiger partial charge on any atom is 0.227 e. The van der Waals surface area contributed by atoms with Crippen molar-refractivity contribution in [2.45, 2.75) is 18.9 Å². The van der Waals surface area contributed by atoms with Crippen LogP contribution >= 0.6 is 0 Å². The number of nitrogens with zero attached hydrogens (tertiary/aromatic N) is 2. The van der Waals surface area contributed by atoms with Crippen LogP contribution in [0.2, 0.25) is 0 Å². The van der Waals surface area contributed by atoms with E-state index in [0.29, 0.717) is 12.8 Å². The number of hydrogen-bond acceptors (Lipinski definition) is 2. The first kappa shape index (κ1) is 13.6. The van der Waals surface area contributed by atoms with Gasteiger partial charge in [-0.2, -0.15) is 0 Å². The zero-order chi connectivity index (χ0) is 14.0. The Labute approximate surface area is 114 Å². The first-order valence-electron chi connectivity index (χ1n) is 6.54. The van der Waals surface area contributed by atoms with E-state index in [-0.39, 0.29) is 23.8 Å². The van der Waals surface area contributed by atoms with Crippen molar-refractivity contribution in [1.82, 2.24) is 9.80 Å². The van der Waals surface area contributed by atoms with Gasteiger partial charge in [-0.05, 0) is 12.0 Å². The number of amides is 2.